The molecule has 0 spiro atoms. The molecule has 3 nitrogen and oxygen atoms in total. The SMILES string of the molecule is CC(C)c1ccc(CCNS(=O)(=O)c2ccccc2F)cc1. The van der Waals surface area contributed by atoms with Gasteiger partial charge >= 0.3 is 0 Å². The number of sulfonamides is 1. The summed E-state index contributed by atoms with van der Waals surface area (Å²) in [5.41, 5.74) is 2.29. The Balaban J connectivity index is 1.97. The van der Waals surface area contributed by atoms with Crippen molar-refractivity contribution in [3.8, 4) is 0 Å². The molecule has 0 amide bonds. The standard InChI is InChI=1S/C17H20FNO2S/c1-13(2)15-9-7-14(8-10-15)11-12-19-22(20,21)17-6-4-3-5-16(17)18/h3-10,13,19H,11-12H2,1-2H3. The summed E-state index contributed by atoms with van der Waals surface area (Å²) in [4.78, 5) is -0.315. The van der Waals surface area contributed by atoms with Gasteiger partial charge in [-0.05, 0) is 35.6 Å². The lowest BCUT2D eigenvalue weighted by Gasteiger charge is -2.09. The van der Waals surface area contributed by atoms with E-state index in [2.05, 4.69) is 18.6 Å². The number of nitrogens with one attached hydrogen (secondary N) is 1. The van der Waals surface area contributed by atoms with Gasteiger partial charge in [-0.2, -0.15) is 0 Å². The Morgan fingerprint density at radius 3 is 2.27 bits per heavy atom. The van der Waals surface area contributed by atoms with E-state index in [1.54, 1.807) is 0 Å². The molecular weight excluding hydrogens is 301 g/mol. The van der Waals surface area contributed by atoms with Crippen LogP contribution in [-0.4, -0.2) is 15.0 Å². The van der Waals surface area contributed by atoms with Crippen molar-refractivity contribution in [3.05, 3.63) is 65.5 Å². The van der Waals surface area contributed by atoms with E-state index in [-0.39, 0.29) is 11.4 Å². The Bertz CT molecular complexity index is 725. The van der Waals surface area contributed by atoms with E-state index >= 15 is 0 Å². The number of halogens is 1. The molecule has 0 bridgehead atoms. The molecule has 0 unspecified atom stereocenters. The van der Waals surface area contributed by atoms with Gasteiger partial charge in [0.15, 0.2) is 0 Å². The fraction of sp³-hybridized carbons (Fsp3) is 0.294. The Morgan fingerprint density at radius 2 is 1.68 bits per heavy atom. The molecule has 5 heteroatoms. The van der Waals surface area contributed by atoms with Crippen LogP contribution in [0.25, 0.3) is 0 Å². The van der Waals surface area contributed by atoms with Crippen molar-refractivity contribution >= 4 is 10.0 Å². The maximum absolute atomic E-state index is 13.5. The molecule has 22 heavy (non-hydrogen) atoms. The Hall–Kier alpha value is -1.72. The molecular formula is C17H20FNO2S. The minimum absolute atomic E-state index is 0.234. The van der Waals surface area contributed by atoms with E-state index in [4.69, 9.17) is 0 Å². The van der Waals surface area contributed by atoms with Gasteiger partial charge < -0.3 is 0 Å². The average Bonchev–Trinajstić information content (AvgIpc) is 2.48. The summed E-state index contributed by atoms with van der Waals surface area (Å²) in [6.07, 6.45) is 0.562. The summed E-state index contributed by atoms with van der Waals surface area (Å²) >= 11 is 0. The monoisotopic (exact) mass is 321 g/mol. The van der Waals surface area contributed by atoms with Crippen LogP contribution < -0.4 is 4.72 Å². The van der Waals surface area contributed by atoms with Gasteiger partial charge in [-0.25, -0.2) is 17.5 Å². The molecule has 0 aromatic heterocycles. The first-order valence-corrected chi connectivity index (χ1v) is 8.71. The van der Waals surface area contributed by atoms with Crippen LogP contribution in [-0.2, 0) is 16.4 Å². The summed E-state index contributed by atoms with van der Waals surface area (Å²) < 4.78 is 40.0. The molecule has 2 aromatic carbocycles. The van der Waals surface area contributed by atoms with Gasteiger partial charge in [-0.15, -0.1) is 0 Å². The molecule has 0 saturated carbocycles. The zero-order valence-corrected chi connectivity index (χ0v) is 13.5. The van der Waals surface area contributed by atoms with Crippen LogP contribution >= 0.6 is 0 Å². The quantitative estimate of drug-likeness (QED) is 0.885. The van der Waals surface area contributed by atoms with Crippen LogP contribution in [0.4, 0.5) is 4.39 Å². The molecule has 0 aliphatic rings. The summed E-state index contributed by atoms with van der Waals surface area (Å²) in [6, 6.07) is 13.4. The van der Waals surface area contributed by atoms with E-state index in [9.17, 15) is 12.8 Å². The van der Waals surface area contributed by atoms with Gasteiger partial charge in [-0.1, -0.05) is 50.2 Å². The average molecular weight is 321 g/mol. The largest absolute Gasteiger partial charge is 0.243 e. The fourth-order valence-electron chi connectivity index (χ4n) is 2.14. The third kappa shape index (κ3) is 4.15. The molecule has 0 aliphatic heterocycles. The summed E-state index contributed by atoms with van der Waals surface area (Å²) in [5, 5.41) is 0. The van der Waals surface area contributed by atoms with Crippen molar-refractivity contribution in [1.82, 2.24) is 4.72 Å². The minimum atomic E-state index is -3.81. The maximum Gasteiger partial charge on any atom is 0.243 e. The van der Waals surface area contributed by atoms with Gasteiger partial charge in [0.1, 0.15) is 10.7 Å². The maximum atomic E-state index is 13.5. The van der Waals surface area contributed by atoms with Gasteiger partial charge in [0.05, 0.1) is 0 Å². The van der Waals surface area contributed by atoms with Gasteiger partial charge in [0, 0.05) is 6.54 Å². The molecule has 0 atom stereocenters. The van der Waals surface area contributed by atoms with Crippen LogP contribution in [0.2, 0.25) is 0 Å². The Morgan fingerprint density at radius 1 is 1.05 bits per heavy atom. The topological polar surface area (TPSA) is 46.2 Å². The third-order valence-electron chi connectivity index (χ3n) is 3.48. The molecule has 0 heterocycles. The second-order valence-corrected chi connectivity index (χ2v) is 7.21. The number of hydrogen-bond acceptors (Lipinski definition) is 2. The Labute approximate surface area is 131 Å². The van der Waals surface area contributed by atoms with Crippen molar-refractivity contribution in [3.63, 3.8) is 0 Å². The third-order valence-corrected chi connectivity index (χ3v) is 4.97. The molecule has 0 aliphatic carbocycles. The first-order valence-electron chi connectivity index (χ1n) is 7.23. The first kappa shape index (κ1) is 16.6. The lowest BCUT2D eigenvalue weighted by Crippen LogP contribution is -2.26. The van der Waals surface area contributed by atoms with E-state index < -0.39 is 15.8 Å². The predicted molar refractivity (Wildman–Crippen MR) is 85.8 cm³/mol. The zero-order valence-electron chi connectivity index (χ0n) is 12.7. The van der Waals surface area contributed by atoms with E-state index in [1.165, 1.54) is 23.8 Å². The molecule has 0 fully saturated rings. The summed E-state index contributed by atoms with van der Waals surface area (Å²) in [5.74, 6) is -0.273. The summed E-state index contributed by atoms with van der Waals surface area (Å²) in [7, 11) is -3.81. The van der Waals surface area contributed by atoms with Crippen molar-refractivity contribution in [2.24, 2.45) is 0 Å². The molecule has 118 valence electrons. The van der Waals surface area contributed by atoms with Crippen LogP contribution in [0.15, 0.2) is 53.4 Å². The number of hydrogen-bond donors (Lipinski definition) is 1. The second-order valence-electron chi connectivity index (χ2n) is 5.47. The van der Waals surface area contributed by atoms with Gasteiger partial charge in [-0.3, -0.25) is 0 Å². The highest BCUT2D eigenvalue weighted by atomic mass is 32.2. The highest BCUT2D eigenvalue weighted by Gasteiger charge is 2.17. The summed E-state index contributed by atoms with van der Waals surface area (Å²) in [6.45, 7) is 4.48. The Kier molecular flexibility index (Phi) is 5.32. The lowest BCUT2D eigenvalue weighted by atomic mass is 10.0. The molecule has 2 rings (SSSR count). The van der Waals surface area contributed by atoms with E-state index in [0.717, 1.165) is 11.6 Å². The normalized spacial score (nSPS) is 11.8. The lowest BCUT2D eigenvalue weighted by molar-refractivity contribution is 0.557. The molecule has 0 radical (unpaired) electrons. The van der Waals surface area contributed by atoms with Crippen molar-refractivity contribution < 1.29 is 12.8 Å². The highest BCUT2D eigenvalue weighted by molar-refractivity contribution is 7.89. The van der Waals surface area contributed by atoms with Crippen LogP contribution in [0.1, 0.15) is 30.9 Å². The number of rotatable bonds is 6. The van der Waals surface area contributed by atoms with Crippen LogP contribution in [0.5, 0.6) is 0 Å². The van der Waals surface area contributed by atoms with Crippen LogP contribution in [0, 0.1) is 5.82 Å². The molecule has 0 saturated heterocycles. The van der Waals surface area contributed by atoms with Crippen molar-refractivity contribution in [1.29, 1.82) is 0 Å². The molecule has 1 N–H and O–H groups in total. The van der Waals surface area contributed by atoms with E-state index in [1.807, 2.05) is 24.3 Å². The first-order chi connectivity index (χ1) is 10.4. The van der Waals surface area contributed by atoms with Crippen LogP contribution in [0.3, 0.4) is 0 Å². The predicted octanol–water partition coefficient (Wildman–Crippen LogP) is 3.47. The number of benzene rings is 2. The minimum Gasteiger partial charge on any atom is -0.211 e. The highest BCUT2D eigenvalue weighted by Crippen LogP contribution is 2.15. The van der Waals surface area contributed by atoms with Crippen molar-refractivity contribution in [2.45, 2.75) is 31.1 Å². The van der Waals surface area contributed by atoms with E-state index in [0.29, 0.717) is 12.3 Å². The fourth-order valence-corrected chi connectivity index (χ4v) is 3.25. The zero-order chi connectivity index (χ0) is 16.2. The molecule has 2 aromatic rings. The van der Waals surface area contributed by atoms with Gasteiger partial charge in [0.2, 0.25) is 10.0 Å². The smallest absolute Gasteiger partial charge is 0.211 e. The van der Waals surface area contributed by atoms with Crippen molar-refractivity contribution in [2.75, 3.05) is 6.54 Å². The van der Waals surface area contributed by atoms with Gasteiger partial charge in [0.25, 0.3) is 0 Å². The second kappa shape index (κ2) is 7.03.